The molecule has 2 amide bonds. The first-order valence-electron chi connectivity index (χ1n) is 13.0. The normalized spacial score (nSPS) is 20.0. The molecule has 1 aliphatic heterocycles. The van der Waals surface area contributed by atoms with Crippen LogP contribution < -0.4 is 15.5 Å². The van der Waals surface area contributed by atoms with Gasteiger partial charge in [0.2, 0.25) is 0 Å². The summed E-state index contributed by atoms with van der Waals surface area (Å²) in [6.07, 6.45) is -3.88. The zero-order valence-corrected chi connectivity index (χ0v) is 25.3. The fourth-order valence-corrected chi connectivity index (χ4v) is 8.64. The fraction of sp³-hybridized carbons (Fsp3) is 0.407. The summed E-state index contributed by atoms with van der Waals surface area (Å²) in [4.78, 5) is 50.6. The third kappa shape index (κ3) is 6.78. The SMILES string of the molecule is CC[C@H](NC(=O)[C@@H]1C[C@@H](S(=O)(=O)c2ccccc2C(F)(F)F)CN1c1ccccc1I(O)C=O)C(=O)C(=O)NC1CC1. The number of anilines is 1. The number of hydrogen-bond acceptors (Lipinski definition) is 8. The third-order valence-electron chi connectivity index (χ3n) is 7.14. The van der Waals surface area contributed by atoms with Crippen molar-refractivity contribution in [2.75, 3.05) is 11.4 Å². The van der Waals surface area contributed by atoms with Crippen molar-refractivity contribution in [2.45, 2.75) is 67.1 Å². The van der Waals surface area contributed by atoms with Gasteiger partial charge in [0.15, 0.2) is 0 Å². The Labute approximate surface area is 247 Å². The third-order valence-corrected chi connectivity index (χ3v) is 11.9. The Kier molecular flexibility index (Phi) is 9.62. The number of carbonyl (C=O) groups excluding carboxylic acids is 4. The topological polar surface area (TPSA) is 150 Å². The van der Waals surface area contributed by atoms with Crippen LogP contribution in [0.3, 0.4) is 0 Å². The van der Waals surface area contributed by atoms with Crippen LogP contribution in [0, 0.1) is 3.57 Å². The van der Waals surface area contributed by atoms with Crippen molar-refractivity contribution in [3.8, 4) is 0 Å². The van der Waals surface area contributed by atoms with E-state index in [0.29, 0.717) is 10.4 Å². The molecule has 2 aromatic carbocycles. The predicted octanol–water partition coefficient (Wildman–Crippen LogP) is 2.64. The minimum atomic E-state index is -4.96. The number of benzene rings is 2. The van der Waals surface area contributed by atoms with Crippen LogP contribution in [0.4, 0.5) is 18.9 Å². The summed E-state index contributed by atoms with van der Waals surface area (Å²) < 4.78 is 79.6. The van der Waals surface area contributed by atoms with E-state index in [-0.39, 0.29) is 21.7 Å². The maximum absolute atomic E-state index is 13.7. The van der Waals surface area contributed by atoms with E-state index in [1.165, 1.54) is 23.1 Å². The van der Waals surface area contributed by atoms with Crippen molar-refractivity contribution >= 4 is 57.6 Å². The van der Waals surface area contributed by atoms with Gasteiger partial charge < -0.3 is 0 Å². The molecule has 0 radical (unpaired) electrons. The van der Waals surface area contributed by atoms with E-state index >= 15 is 0 Å². The molecule has 2 aromatic rings. The van der Waals surface area contributed by atoms with Gasteiger partial charge in [-0.2, -0.15) is 0 Å². The number of nitrogens with zero attached hydrogens (tertiary/aromatic N) is 1. The van der Waals surface area contributed by atoms with Crippen LogP contribution in [-0.4, -0.2) is 63.7 Å². The second-order valence-electron chi connectivity index (χ2n) is 9.98. The number of sulfone groups is 1. The first kappa shape index (κ1) is 31.9. The molecule has 0 aromatic heterocycles. The Bertz CT molecular complexity index is 1480. The minimum absolute atomic E-state index is 0.0459. The number of carbonyl (C=O) groups is 4. The summed E-state index contributed by atoms with van der Waals surface area (Å²) in [5.41, 5.74) is -1.15. The Hall–Kier alpha value is -3.05. The Morgan fingerprint density at radius 2 is 1.76 bits per heavy atom. The van der Waals surface area contributed by atoms with E-state index in [1.807, 2.05) is 0 Å². The number of halogens is 4. The molecule has 15 heteroatoms. The monoisotopic (exact) mass is 723 g/mol. The van der Waals surface area contributed by atoms with Crippen LogP contribution in [0.1, 0.15) is 38.2 Å². The summed E-state index contributed by atoms with van der Waals surface area (Å²) in [6.45, 7) is 1.14. The van der Waals surface area contributed by atoms with Gasteiger partial charge in [0.1, 0.15) is 0 Å². The van der Waals surface area contributed by atoms with Crippen LogP contribution in [0.5, 0.6) is 0 Å². The van der Waals surface area contributed by atoms with Crippen molar-refractivity contribution in [1.82, 2.24) is 10.6 Å². The molecule has 4 rings (SSSR count). The number of hydrogen-bond donors (Lipinski definition) is 3. The average molecular weight is 724 g/mol. The molecule has 10 nitrogen and oxygen atoms in total. The van der Waals surface area contributed by atoms with E-state index in [0.717, 1.165) is 25.0 Å². The van der Waals surface area contributed by atoms with Crippen LogP contribution in [0.15, 0.2) is 53.4 Å². The second-order valence-corrected chi connectivity index (χ2v) is 15.5. The first-order chi connectivity index (χ1) is 19.8. The zero-order valence-electron chi connectivity index (χ0n) is 22.3. The van der Waals surface area contributed by atoms with Gasteiger partial charge in [-0.05, 0) is 0 Å². The van der Waals surface area contributed by atoms with Crippen molar-refractivity contribution in [3.63, 3.8) is 0 Å². The molecule has 0 bridgehead atoms. The molecular weight excluding hydrogens is 694 g/mol. The molecular formula is C27H29F3IN3O7S. The molecule has 2 fully saturated rings. The number of alkyl halides is 3. The molecule has 1 aliphatic carbocycles. The number of para-hydroxylation sites is 1. The molecule has 1 heterocycles. The van der Waals surface area contributed by atoms with Crippen molar-refractivity contribution in [1.29, 1.82) is 0 Å². The fourth-order valence-electron chi connectivity index (χ4n) is 4.83. The van der Waals surface area contributed by atoms with Gasteiger partial charge in [-0.1, -0.05) is 0 Å². The quantitative estimate of drug-likeness (QED) is 0.139. The van der Waals surface area contributed by atoms with Gasteiger partial charge in [0, 0.05) is 0 Å². The number of Topliss-reactive ketones (excluding diaryl/α,β-unsaturated/α-hetero) is 1. The van der Waals surface area contributed by atoms with E-state index in [4.69, 9.17) is 0 Å². The number of nitrogens with one attached hydrogen (secondary N) is 2. The van der Waals surface area contributed by atoms with Gasteiger partial charge in [-0.25, -0.2) is 0 Å². The second kappa shape index (κ2) is 12.7. The molecule has 0 spiro atoms. The first-order valence-corrected chi connectivity index (χ1v) is 17.9. The van der Waals surface area contributed by atoms with Crippen molar-refractivity contribution < 1.29 is 44.2 Å². The Morgan fingerprint density at radius 3 is 2.38 bits per heavy atom. The van der Waals surface area contributed by atoms with Gasteiger partial charge in [0.25, 0.3) is 0 Å². The van der Waals surface area contributed by atoms with E-state index in [9.17, 15) is 44.2 Å². The van der Waals surface area contributed by atoms with Crippen molar-refractivity contribution in [2.24, 2.45) is 0 Å². The zero-order chi connectivity index (χ0) is 30.8. The van der Waals surface area contributed by atoms with Crippen LogP contribution in [-0.2, 0) is 35.2 Å². The summed E-state index contributed by atoms with van der Waals surface area (Å²) in [5.74, 6) is -2.56. The molecule has 2 aliphatic rings. The van der Waals surface area contributed by atoms with Crippen LogP contribution in [0.25, 0.3) is 0 Å². The molecule has 1 saturated heterocycles. The van der Waals surface area contributed by atoms with E-state index in [1.54, 1.807) is 19.1 Å². The predicted molar refractivity (Wildman–Crippen MR) is 155 cm³/mol. The molecule has 3 N–H and O–H groups in total. The van der Waals surface area contributed by atoms with Gasteiger partial charge in [0.05, 0.1) is 0 Å². The van der Waals surface area contributed by atoms with E-state index < -0.39 is 94.6 Å². The Balaban J connectivity index is 1.70. The molecule has 42 heavy (non-hydrogen) atoms. The maximum atomic E-state index is 13.7. The summed E-state index contributed by atoms with van der Waals surface area (Å²) in [7, 11) is -4.66. The van der Waals surface area contributed by atoms with Gasteiger partial charge >= 0.3 is 249 Å². The summed E-state index contributed by atoms with van der Waals surface area (Å²) in [5, 5.41) is 3.58. The number of ketones is 1. The van der Waals surface area contributed by atoms with Gasteiger partial charge in [-0.15, -0.1) is 0 Å². The molecule has 3 atom stereocenters. The average Bonchev–Trinajstić information content (AvgIpc) is 3.67. The summed E-state index contributed by atoms with van der Waals surface area (Å²) in [6, 6.07) is 7.16. The van der Waals surface area contributed by atoms with E-state index in [2.05, 4.69) is 10.6 Å². The summed E-state index contributed by atoms with van der Waals surface area (Å²) >= 11 is -3.38. The molecule has 1 saturated carbocycles. The Morgan fingerprint density at radius 1 is 1.12 bits per heavy atom. The van der Waals surface area contributed by atoms with Crippen molar-refractivity contribution in [3.05, 3.63) is 57.7 Å². The molecule has 228 valence electrons. The standard InChI is InChI=1S/C27H29F3IN3O7S/c1-2-20(24(36)26(38)32-16-11-12-16)33-25(37)22-13-17(14-34(22)21-9-5-4-8-19(21)31(39)15-35)42(40,41)23-10-6-3-7-18(23)27(28,29)30/h3-10,15-17,20,22,39H,2,11-14H2,1H3,(H,32,38)(H,33,37)/t17-,20+,22+/m1/s1. The van der Waals surface area contributed by atoms with Crippen LogP contribution in [0.2, 0.25) is 0 Å². The van der Waals surface area contributed by atoms with Gasteiger partial charge in [-0.3, -0.25) is 0 Å². The molecule has 0 unspecified atom stereocenters. The number of rotatable bonds is 11. The number of amides is 2. The van der Waals surface area contributed by atoms with Crippen LogP contribution >= 0.6 is 20.2 Å².